The molecule has 0 bridgehead atoms. The number of amides is 1. The molecule has 0 fully saturated rings. The minimum atomic E-state index is 0.0728. The third kappa shape index (κ3) is 4.46. The van der Waals surface area contributed by atoms with Gasteiger partial charge in [0.05, 0.1) is 5.75 Å². The van der Waals surface area contributed by atoms with Crippen molar-refractivity contribution < 1.29 is 4.79 Å². The quantitative estimate of drug-likeness (QED) is 0.889. The fraction of sp³-hybridized carbons (Fsp3) is 0.533. The van der Waals surface area contributed by atoms with Crippen LogP contribution in [-0.4, -0.2) is 23.0 Å². The molecule has 0 atom stereocenters. The largest absolute Gasteiger partial charge is 0.385 e. The Morgan fingerprint density at radius 3 is 2.95 bits per heavy atom. The van der Waals surface area contributed by atoms with Crippen LogP contribution in [0.2, 0.25) is 0 Å². The van der Waals surface area contributed by atoms with E-state index >= 15 is 0 Å². The normalized spacial score (nSPS) is 14.5. The number of carbonyl (C=O) groups is 1. The predicted octanol–water partition coefficient (Wildman–Crippen LogP) is 3.51. The summed E-state index contributed by atoms with van der Waals surface area (Å²) < 4.78 is 0.122. The molecule has 19 heavy (non-hydrogen) atoms. The molecule has 0 aromatic heterocycles. The molecule has 2 rings (SSSR count). The van der Waals surface area contributed by atoms with Gasteiger partial charge in [-0.25, -0.2) is 0 Å². The number of nitrogens with one attached hydrogen (secondary N) is 2. The minimum absolute atomic E-state index is 0.0728. The number of fused-ring (bicyclic) bond motifs is 1. The molecule has 3 nitrogen and oxygen atoms in total. The van der Waals surface area contributed by atoms with Crippen LogP contribution in [0.15, 0.2) is 18.2 Å². The van der Waals surface area contributed by atoms with Crippen LogP contribution in [-0.2, 0) is 11.2 Å². The lowest BCUT2D eigenvalue weighted by molar-refractivity contribution is -0.113. The Morgan fingerprint density at radius 1 is 1.42 bits per heavy atom. The van der Waals surface area contributed by atoms with E-state index in [1.165, 1.54) is 11.3 Å². The summed E-state index contributed by atoms with van der Waals surface area (Å²) in [5.41, 5.74) is 3.41. The lowest BCUT2D eigenvalue weighted by Crippen LogP contribution is -2.19. The van der Waals surface area contributed by atoms with Crippen LogP contribution in [0.3, 0.4) is 0 Å². The highest BCUT2D eigenvalue weighted by Crippen LogP contribution is 2.26. The zero-order valence-electron chi connectivity index (χ0n) is 11.9. The Morgan fingerprint density at radius 2 is 2.21 bits per heavy atom. The topological polar surface area (TPSA) is 41.1 Å². The number of benzene rings is 1. The standard InChI is InChI=1S/C15H22N2OS/c1-15(2,3)19-10-14(18)17-12-6-7-13-11(9-12)5-4-8-16-13/h6-7,9,16H,4-5,8,10H2,1-3H3,(H,17,18). The van der Waals surface area contributed by atoms with Crippen LogP contribution in [0, 0.1) is 0 Å². The zero-order valence-corrected chi connectivity index (χ0v) is 12.7. The lowest BCUT2D eigenvalue weighted by atomic mass is 10.0. The maximum atomic E-state index is 11.9. The van der Waals surface area contributed by atoms with Crippen LogP contribution in [0.4, 0.5) is 11.4 Å². The minimum Gasteiger partial charge on any atom is -0.385 e. The molecule has 0 aliphatic carbocycles. The van der Waals surface area contributed by atoms with Gasteiger partial charge in [-0.1, -0.05) is 20.8 Å². The smallest absolute Gasteiger partial charge is 0.234 e. The molecule has 1 amide bonds. The van der Waals surface area contributed by atoms with Gasteiger partial charge in [0.15, 0.2) is 0 Å². The first-order valence-corrected chi connectivity index (χ1v) is 7.73. The summed E-state index contributed by atoms with van der Waals surface area (Å²) in [5.74, 6) is 0.572. The van der Waals surface area contributed by atoms with Gasteiger partial charge in [-0.15, -0.1) is 11.8 Å². The van der Waals surface area contributed by atoms with E-state index in [2.05, 4.69) is 43.5 Å². The summed E-state index contributed by atoms with van der Waals surface area (Å²) in [5, 5.41) is 6.35. The number of aryl methyl sites for hydroxylation is 1. The SMILES string of the molecule is CC(C)(C)SCC(=O)Nc1ccc2c(c1)CCCN2. The van der Waals surface area contributed by atoms with Crippen molar-refractivity contribution in [2.75, 3.05) is 22.9 Å². The summed E-state index contributed by atoms with van der Waals surface area (Å²) in [6, 6.07) is 6.11. The van der Waals surface area contributed by atoms with E-state index in [9.17, 15) is 4.79 Å². The Kier molecular flexibility index (Phi) is 4.40. The third-order valence-corrected chi connectivity index (χ3v) is 4.24. The highest BCUT2D eigenvalue weighted by atomic mass is 32.2. The van der Waals surface area contributed by atoms with Crippen molar-refractivity contribution >= 4 is 29.0 Å². The Bertz CT molecular complexity index is 466. The number of hydrogen-bond donors (Lipinski definition) is 2. The third-order valence-electron chi connectivity index (χ3n) is 2.96. The van der Waals surface area contributed by atoms with Gasteiger partial charge < -0.3 is 10.6 Å². The second-order valence-electron chi connectivity index (χ2n) is 5.85. The molecule has 0 saturated carbocycles. The van der Waals surface area contributed by atoms with Gasteiger partial charge in [0.25, 0.3) is 0 Å². The molecule has 1 aliphatic rings. The number of anilines is 2. The molecule has 1 aromatic rings. The van der Waals surface area contributed by atoms with Crippen LogP contribution >= 0.6 is 11.8 Å². The van der Waals surface area contributed by atoms with E-state index in [0.717, 1.165) is 25.1 Å². The molecule has 1 heterocycles. The Balaban J connectivity index is 1.94. The highest BCUT2D eigenvalue weighted by Gasteiger charge is 2.14. The first-order chi connectivity index (χ1) is 8.94. The van der Waals surface area contributed by atoms with Gasteiger partial charge >= 0.3 is 0 Å². The number of thioether (sulfide) groups is 1. The van der Waals surface area contributed by atoms with Crippen molar-refractivity contribution in [1.29, 1.82) is 0 Å². The van der Waals surface area contributed by atoms with Crippen molar-refractivity contribution in [3.63, 3.8) is 0 Å². The van der Waals surface area contributed by atoms with Crippen LogP contribution < -0.4 is 10.6 Å². The summed E-state index contributed by atoms with van der Waals surface area (Å²) in [4.78, 5) is 11.9. The average Bonchev–Trinajstić information content (AvgIpc) is 2.35. The molecule has 1 aliphatic heterocycles. The Hall–Kier alpha value is -1.16. The zero-order chi connectivity index (χ0) is 13.9. The molecule has 0 saturated heterocycles. The Labute approximate surface area is 119 Å². The number of hydrogen-bond acceptors (Lipinski definition) is 3. The van der Waals surface area contributed by atoms with E-state index in [-0.39, 0.29) is 10.7 Å². The summed E-state index contributed by atoms with van der Waals surface area (Å²) in [7, 11) is 0. The fourth-order valence-electron chi connectivity index (χ4n) is 2.03. The van der Waals surface area contributed by atoms with Crippen LogP contribution in [0.25, 0.3) is 0 Å². The fourth-order valence-corrected chi connectivity index (χ4v) is 2.67. The molecular formula is C15H22N2OS. The van der Waals surface area contributed by atoms with Gasteiger partial charge in [0, 0.05) is 22.7 Å². The summed E-state index contributed by atoms with van der Waals surface area (Å²) in [6.07, 6.45) is 2.24. The van der Waals surface area contributed by atoms with Gasteiger partial charge in [-0.3, -0.25) is 4.79 Å². The average molecular weight is 278 g/mol. The van der Waals surface area contributed by atoms with Crippen molar-refractivity contribution in [3.8, 4) is 0 Å². The molecule has 0 spiro atoms. The van der Waals surface area contributed by atoms with Crippen molar-refractivity contribution in [2.24, 2.45) is 0 Å². The van der Waals surface area contributed by atoms with E-state index in [1.807, 2.05) is 6.07 Å². The summed E-state index contributed by atoms with van der Waals surface area (Å²) in [6.45, 7) is 7.40. The van der Waals surface area contributed by atoms with Crippen LogP contribution in [0.5, 0.6) is 0 Å². The van der Waals surface area contributed by atoms with Gasteiger partial charge in [0.1, 0.15) is 0 Å². The van der Waals surface area contributed by atoms with E-state index in [1.54, 1.807) is 11.8 Å². The van der Waals surface area contributed by atoms with Gasteiger partial charge in [-0.2, -0.15) is 0 Å². The van der Waals surface area contributed by atoms with Crippen molar-refractivity contribution in [1.82, 2.24) is 0 Å². The first-order valence-electron chi connectivity index (χ1n) is 6.75. The lowest BCUT2D eigenvalue weighted by Gasteiger charge is -2.19. The summed E-state index contributed by atoms with van der Waals surface area (Å²) >= 11 is 1.67. The van der Waals surface area contributed by atoms with Crippen molar-refractivity contribution in [3.05, 3.63) is 23.8 Å². The second kappa shape index (κ2) is 5.87. The first kappa shape index (κ1) is 14.3. The van der Waals surface area contributed by atoms with Crippen molar-refractivity contribution in [2.45, 2.75) is 38.4 Å². The molecular weight excluding hydrogens is 256 g/mol. The van der Waals surface area contributed by atoms with E-state index in [4.69, 9.17) is 0 Å². The van der Waals surface area contributed by atoms with Gasteiger partial charge in [0.2, 0.25) is 5.91 Å². The second-order valence-corrected chi connectivity index (χ2v) is 7.65. The molecule has 2 N–H and O–H groups in total. The maximum absolute atomic E-state index is 11.9. The molecule has 0 unspecified atom stereocenters. The van der Waals surface area contributed by atoms with E-state index in [0.29, 0.717) is 5.75 Å². The van der Waals surface area contributed by atoms with Crippen LogP contribution in [0.1, 0.15) is 32.8 Å². The van der Waals surface area contributed by atoms with Gasteiger partial charge in [-0.05, 0) is 36.6 Å². The highest BCUT2D eigenvalue weighted by molar-refractivity contribution is 8.01. The molecule has 1 aromatic carbocycles. The molecule has 4 heteroatoms. The monoisotopic (exact) mass is 278 g/mol. The van der Waals surface area contributed by atoms with E-state index < -0.39 is 0 Å². The predicted molar refractivity (Wildman–Crippen MR) is 84.1 cm³/mol. The molecule has 104 valence electrons. The molecule has 0 radical (unpaired) electrons. The number of carbonyl (C=O) groups excluding carboxylic acids is 1. The number of rotatable bonds is 3. The maximum Gasteiger partial charge on any atom is 0.234 e.